The van der Waals surface area contributed by atoms with Gasteiger partial charge in [-0.2, -0.15) is 0 Å². The Labute approximate surface area is 188 Å². The SMILES string of the molecule is O=C(NNc1ncnc(NC23CC4CC(CC(C4)C2)C3)c1[N+](=O)[O-])c1ccccc1[N+](=O)[O-]. The number of hydrazine groups is 1. The van der Waals surface area contributed by atoms with Crippen molar-refractivity contribution in [2.24, 2.45) is 17.8 Å². The van der Waals surface area contributed by atoms with E-state index in [1.165, 1.54) is 49.9 Å². The molecule has 0 aliphatic heterocycles. The lowest BCUT2D eigenvalue weighted by atomic mass is 9.53. The van der Waals surface area contributed by atoms with Crippen LogP contribution in [0.15, 0.2) is 30.6 Å². The van der Waals surface area contributed by atoms with Crippen LogP contribution in [-0.4, -0.2) is 31.3 Å². The fraction of sp³-hybridized carbons (Fsp3) is 0.476. The first-order valence-electron chi connectivity index (χ1n) is 10.9. The summed E-state index contributed by atoms with van der Waals surface area (Å²) in [6.07, 6.45) is 7.80. The van der Waals surface area contributed by atoms with Gasteiger partial charge in [-0.05, 0) is 62.3 Å². The number of nitrogens with one attached hydrogen (secondary N) is 3. The van der Waals surface area contributed by atoms with Crippen LogP contribution in [0.4, 0.5) is 23.0 Å². The Bertz CT molecular complexity index is 1100. The summed E-state index contributed by atoms with van der Waals surface area (Å²) >= 11 is 0. The average Bonchev–Trinajstić information content (AvgIpc) is 2.76. The number of para-hydroxylation sites is 1. The number of nitro groups is 2. The number of hydrogen-bond acceptors (Lipinski definition) is 9. The number of aromatic nitrogens is 2. The lowest BCUT2D eigenvalue weighted by Gasteiger charge is -2.57. The molecule has 4 fully saturated rings. The first-order chi connectivity index (χ1) is 15.8. The molecule has 3 N–H and O–H groups in total. The maximum Gasteiger partial charge on any atom is 0.354 e. The average molecular weight is 453 g/mol. The van der Waals surface area contributed by atoms with Crippen molar-refractivity contribution in [3.05, 3.63) is 56.4 Å². The quantitative estimate of drug-likeness (QED) is 0.420. The first kappa shape index (κ1) is 21.0. The van der Waals surface area contributed by atoms with Crippen LogP contribution in [0.5, 0.6) is 0 Å². The van der Waals surface area contributed by atoms with E-state index >= 15 is 0 Å². The zero-order valence-electron chi connectivity index (χ0n) is 17.7. The van der Waals surface area contributed by atoms with E-state index in [-0.39, 0.29) is 34.1 Å². The number of hydrogen-bond donors (Lipinski definition) is 3. The van der Waals surface area contributed by atoms with E-state index < -0.39 is 15.8 Å². The van der Waals surface area contributed by atoms with Crippen LogP contribution < -0.4 is 16.2 Å². The van der Waals surface area contributed by atoms with Crippen molar-refractivity contribution in [1.82, 2.24) is 15.4 Å². The number of anilines is 2. The van der Waals surface area contributed by atoms with Crippen LogP contribution >= 0.6 is 0 Å². The Morgan fingerprint density at radius 2 is 1.55 bits per heavy atom. The van der Waals surface area contributed by atoms with Gasteiger partial charge in [-0.1, -0.05) is 12.1 Å². The van der Waals surface area contributed by atoms with Crippen molar-refractivity contribution in [3.63, 3.8) is 0 Å². The molecule has 12 nitrogen and oxygen atoms in total. The van der Waals surface area contributed by atoms with Crippen LogP contribution in [0.3, 0.4) is 0 Å². The Kier molecular flexibility index (Phi) is 5.06. The maximum absolute atomic E-state index is 12.5. The van der Waals surface area contributed by atoms with Crippen molar-refractivity contribution < 1.29 is 14.6 Å². The lowest BCUT2D eigenvalue weighted by molar-refractivity contribution is -0.385. The molecule has 4 aliphatic rings. The summed E-state index contributed by atoms with van der Waals surface area (Å²) in [4.78, 5) is 42.4. The van der Waals surface area contributed by atoms with Gasteiger partial charge >= 0.3 is 5.69 Å². The molecule has 1 aromatic heterocycles. The molecule has 0 radical (unpaired) electrons. The highest BCUT2D eigenvalue weighted by Crippen LogP contribution is 2.57. The normalized spacial score (nSPS) is 27.1. The molecule has 6 rings (SSSR count). The molecule has 1 heterocycles. The third-order valence-electron chi connectivity index (χ3n) is 7.07. The van der Waals surface area contributed by atoms with Gasteiger partial charge in [0.2, 0.25) is 11.6 Å². The van der Waals surface area contributed by atoms with Crippen LogP contribution in [0.1, 0.15) is 48.9 Å². The smallest absolute Gasteiger partial charge is 0.354 e. The molecule has 0 atom stereocenters. The molecule has 4 bridgehead atoms. The molecule has 1 aromatic carbocycles. The van der Waals surface area contributed by atoms with Gasteiger partial charge in [0.15, 0.2) is 0 Å². The minimum atomic E-state index is -0.814. The molecule has 0 unspecified atom stereocenters. The first-order valence-corrected chi connectivity index (χ1v) is 10.9. The van der Waals surface area contributed by atoms with Crippen molar-refractivity contribution in [3.8, 4) is 0 Å². The number of nitro benzene ring substituents is 1. The Morgan fingerprint density at radius 1 is 0.939 bits per heavy atom. The Balaban J connectivity index is 1.37. The van der Waals surface area contributed by atoms with Gasteiger partial charge in [0.1, 0.15) is 11.9 Å². The molecule has 0 saturated heterocycles. The van der Waals surface area contributed by atoms with E-state index in [9.17, 15) is 25.0 Å². The van der Waals surface area contributed by atoms with E-state index in [1.54, 1.807) is 0 Å². The summed E-state index contributed by atoms with van der Waals surface area (Å²) in [5, 5.41) is 26.5. The lowest BCUT2D eigenvalue weighted by Crippen LogP contribution is -2.55. The van der Waals surface area contributed by atoms with Gasteiger partial charge in [-0.3, -0.25) is 35.9 Å². The Morgan fingerprint density at radius 3 is 2.15 bits per heavy atom. The molecule has 4 saturated carbocycles. The van der Waals surface area contributed by atoms with Gasteiger partial charge in [-0.15, -0.1) is 0 Å². The van der Waals surface area contributed by atoms with E-state index in [4.69, 9.17) is 0 Å². The minimum absolute atomic E-state index is 0.111. The fourth-order valence-corrected chi connectivity index (χ4v) is 6.26. The zero-order chi connectivity index (χ0) is 23.2. The van der Waals surface area contributed by atoms with Gasteiger partial charge in [0, 0.05) is 11.6 Å². The fourth-order valence-electron chi connectivity index (χ4n) is 6.26. The van der Waals surface area contributed by atoms with Crippen molar-refractivity contribution in [1.29, 1.82) is 0 Å². The van der Waals surface area contributed by atoms with Crippen LogP contribution in [0, 0.1) is 38.0 Å². The summed E-state index contributed by atoms with van der Waals surface area (Å²) in [7, 11) is 0. The highest BCUT2D eigenvalue weighted by Gasteiger charge is 2.51. The summed E-state index contributed by atoms with van der Waals surface area (Å²) < 4.78 is 0. The second kappa shape index (κ2) is 7.94. The molecular formula is C21H23N7O5. The number of nitrogens with zero attached hydrogens (tertiary/aromatic N) is 4. The largest absolute Gasteiger partial charge is 0.359 e. The number of benzene rings is 1. The molecule has 172 valence electrons. The molecule has 4 aliphatic carbocycles. The number of amides is 1. The predicted molar refractivity (Wildman–Crippen MR) is 117 cm³/mol. The molecule has 33 heavy (non-hydrogen) atoms. The third-order valence-corrected chi connectivity index (χ3v) is 7.07. The molecular weight excluding hydrogens is 430 g/mol. The van der Waals surface area contributed by atoms with Crippen LogP contribution in [-0.2, 0) is 0 Å². The van der Waals surface area contributed by atoms with Gasteiger partial charge < -0.3 is 5.32 Å². The topological polar surface area (TPSA) is 165 Å². The summed E-state index contributed by atoms with van der Waals surface area (Å²) in [5.41, 5.74) is 3.58. The second-order valence-corrected chi connectivity index (χ2v) is 9.35. The highest BCUT2D eigenvalue weighted by atomic mass is 16.6. The number of rotatable bonds is 7. The van der Waals surface area contributed by atoms with E-state index in [0.29, 0.717) is 17.8 Å². The monoisotopic (exact) mass is 453 g/mol. The van der Waals surface area contributed by atoms with Crippen molar-refractivity contribution in [2.75, 3.05) is 10.7 Å². The van der Waals surface area contributed by atoms with Crippen molar-refractivity contribution in [2.45, 2.75) is 44.1 Å². The second-order valence-electron chi connectivity index (χ2n) is 9.35. The number of carbonyl (C=O) groups excluding carboxylic acids is 1. The van der Waals surface area contributed by atoms with Crippen molar-refractivity contribution >= 4 is 28.9 Å². The maximum atomic E-state index is 12.5. The highest BCUT2D eigenvalue weighted by molar-refractivity contribution is 5.98. The molecule has 1 amide bonds. The summed E-state index contributed by atoms with van der Waals surface area (Å²) in [6.45, 7) is 0. The van der Waals surface area contributed by atoms with E-state index in [1.807, 2.05) is 0 Å². The van der Waals surface area contributed by atoms with E-state index in [0.717, 1.165) is 19.3 Å². The Hall–Kier alpha value is -3.83. The predicted octanol–water partition coefficient (Wildman–Crippen LogP) is 3.43. The molecule has 0 spiro atoms. The minimum Gasteiger partial charge on any atom is -0.359 e. The van der Waals surface area contributed by atoms with Gasteiger partial charge in [0.05, 0.1) is 9.85 Å². The zero-order valence-corrected chi connectivity index (χ0v) is 17.7. The molecule has 2 aromatic rings. The summed E-state index contributed by atoms with van der Waals surface area (Å²) in [6, 6.07) is 5.43. The molecule has 12 heteroatoms. The van der Waals surface area contributed by atoms with Crippen LogP contribution in [0.25, 0.3) is 0 Å². The van der Waals surface area contributed by atoms with E-state index in [2.05, 4.69) is 26.1 Å². The van der Waals surface area contributed by atoms with Gasteiger partial charge in [-0.25, -0.2) is 9.97 Å². The van der Waals surface area contributed by atoms with Crippen LogP contribution in [0.2, 0.25) is 0 Å². The summed E-state index contributed by atoms with van der Waals surface area (Å²) in [5.74, 6) is 1.02. The standard InChI is InChI=1S/C21H23N7O5/c29-20(15-3-1-2-4-16(15)27(30)31)26-25-19-17(28(32)33)18(22-11-23-19)24-21-8-12-5-13(9-21)7-14(6-12)10-21/h1-4,11-14H,5-10H2,(H,26,29)(H2,22,23,24,25). The number of carbonyl (C=O) groups is 1. The third kappa shape index (κ3) is 3.92. The van der Waals surface area contributed by atoms with Gasteiger partial charge in [0.25, 0.3) is 11.6 Å².